The molecule has 4 rings (SSSR count). The van der Waals surface area contributed by atoms with Crippen molar-refractivity contribution in [2.45, 2.75) is 10.8 Å². The molecule has 0 atom stereocenters. The average molecular weight is 581 g/mol. The van der Waals surface area contributed by atoms with E-state index in [2.05, 4.69) is 10.6 Å². The van der Waals surface area contributed by atoms with E-state index in [4.69, 9.17) is 23.2 Å². The Morgan fingerprint density at radius 2 is 1.70 bits per heavy atom. The van der Waals surface area contributed by atoms with Crippen molar-refractivity contribution in [1.82, 2.24) is 14.2 Å². The van der Waals surface area contributed by atoms with Gasteiger partial charge in [0.05, 0.1) is 5.02 Å². The van der Waals surface area contributed by atoms with E-state index in [1.807, 2.05) is 49.1 Å². The molecule has 0 aliphatic carbocycles. The van der Waals surface area contributed by atoms with Crippen molar-refractivity contribution in [3.05, 3.63) is 80.0 Å². The van der Waals surface area contributed by atoms with E-state index < -0.39 is 16.1 Å². The van der Waals surface area contributed by atoms with Gasteiger partial charge in [-0.1, -0.05) is 23.2 Å². The smallest absolute Gasteiger partial charge is 0.333 e. The van der Waals surface area contributed by atoms with E-state index >= 15 is 0 Å². The van der Waals surface area contributed by atoms with Crippen molar-refractivity contribution >= 4 is 72.7 Å². The van der Waals surface area contributed by atoms with Gasteiger partial charge < -0.3 is 15.5 Å². The van der Waals surface area contributed by atoms with Crippen molar-refractivity contribution in [2.75, 3.05) is 31.8 Å². The molecule has 4 aromatic rings. The molecule has 2 aromatic carbocycles. The normalized spacial score (nSPS) is 11.6. The number of aromatic nitrogens is 1. The van der Waals surface area contributed by atoms with Gasteiger partial charge in [-0.05, 0) is 73.6 Å². The molecule has 194 valence electrons. The maximum Gasteiger partial charge on any atom is 0.333 e. The molecule has 2 amide bonds. The van der Waals surface area contributed by atoms with E-state index in [9.17, 15) is 18.0 Å². The summed E-state index contributed by atoms with van der Waals surface area (Å²) in [6, 6.07) is 12.3. The van der Waals surface area contributed by atoms with Crippen LogP contribution in [-0.2, 0) is 16.6 Å². The van der Waals surface area contributed by atoms with Gasteiger partial charge in [0.1, 0.15) is 8.55 Å². The van der Waals surface area contributed by atoms with Crippen LogP contribution in [0.1, 0.15) is 5.56 Å². The topological polar surface area (TPSA) is 113 Å². The summed E-state index contributed by atoms with van der Waals surface area (Å²) >= 11 is 12.4. The summed E-state index contributed by atoms with van der Waals surface area (Å²) in [6.45, 7) is 0.624. The summed E-state index contributed by atoms with van der Waals surface area (Å²) < 4.78 is 28.2. The molecular weight excluding hydrogens is 557 g/mol. The van der Waals surface area contributed by atoms with E-state index in [-0.39, 0.29) is 19.1 Å². The maximum absolute atomic E-state index is 13.3. The minimum absolute atomic E-state index is 0.0863. The fourth-order valence-electron chi connectivity index (χ4n) is 3.72. The van der Waals surface area contributed by atoms with Gasteiger partial charge in [0.2, 0.25) is 0 Å². The predicted octanol–water partition coefficient (Wildman–Crippen LogP) is 4.97. The Morgan fingerprint density at radius 1 is 1.03 bits per heavy atom. The number of thiophene rings is 1. The lowest BCUT2D eigenvalue weighted by Gasteiger charge is -2.17. The number of carbonyl (C=O) groups excluding carboxylic acids is 1. The molecule has 0 saturated heterocycles. The minimum atomic E-state index is -4.15. The number of hydrogen-bond donors (Lipinski definition) is 3. The Morgan fingerprint density at radius 3 is 2.30 bits per heavy atom. The summed E-state index contributed by atoms with van der Waals surface area (Å²) in [7, 11) is 1.59. The number of hydrogen-bond acceptors (Lipinski definition) is 7. The average Bonchev–Trinajstić information content (AvgIpc) is 3.19. The van der Waals surface area contributed by atoms with Crippen LogP contribution in [0.15, 0.2) is 63.7 Å². The van der Waals surface area contributed by atoms with Crippen LogP contribution in [0.3, 0.4) is 0 Å². The molecule has 2 aromatic heterocycles. The summed E-state index contributed by atoms with van der Waals surface area (Å²) in [5.41, 5.74) is 2.62. The zero-order chi connectivity index (χ0) is 26.9. The Labute approximate surface area is 227 Å². The standard InChI is InChI=1S/C24H23Cl2N5O4S2/c1-27-16-6-9-18-19(10-16)14(12-30(2)3)13-31(23(18)32)17-7-4-15(5-8-17)28-24(33)29-37(34,35)21-11-20(25)22(26)36-21/h4-11,13,27H,12H2,1-3H3,(H2,28,29,33). The fraction of sp³-hybridized carbons (Fsp3) is 0.167. The van der Waals surface area contributed by atoms with Crippen LogP contribution in [0, 0.1) is 0 Å². The number of nitrogens with one attached hydrogen (secondary N) is 3. The molecule has 37 heavy (non-hydrogen) atoms. The molecule has 0 aliphatic heterocycles. The van der Waals surface area contributed by atoms with Gasteiger partial charge in [0.15, 0.2) is 0 Å². The number of amides is 2. The zero-order valence-corrected chi connectivity index (χ0v) is 23.1. The van der Waals surface area contributed by atoms with Crippen molar-refractivity contribution < 1.29 is 13.2 Å². The third-order valence-electron chi connectivity index (χ3n) is 5.39. The number of fused-ring (bicyclic) bond motifs is 1. The fourth-order valence-corrected chi connectivity index (χ4v) is 6.51. The number of sulfonamides is 1. The van der Waals surface area contributed by atoms with E-state index in [1.54, 1.807) is 34.9 Å². The lowest BCUT2D eigenvalue weighted by molar-refractivity contribution is 0.256. The Hall–Kier alpha value is -3.09. The van der Waals surface area contributed by atoms with Crippen molar-refractivity contribution in [3.63, 3.8) is 0 Å². The molecule has 0 spiro atoms. The number of anilines is 2. The third kappa shape index (κ3) is 5.91. The van der Waals surface area contributed by atoms with Crippen LogP contribution in [0.25, 0.3) is 16.5 Å². The number of benzene rings is 2. The first-order valence-electron chi connectivity index (χ1n) is 10.9. The van der Waals surface area contributed by atoms with Gasteiger partial charge >= 0.3 is 6.03 Å². The molecule has 2 heterocycles. The van der Waals surface area contributed by atoms with E-state index in [0.29, 0.717) is 23.3 Å². The monoisotopic (exact) mass is 579 g/mol. The van der Waals surface area contributed by atoms with Crippen LogP contribution in [0.4, 0.5) is 16.2 Å². The van der Waals surface area contributed by atoms with E-state index in [1.165, 1.54) is 6.07 Å². The molecular formula is C24H23Cl2N5O4S2. The molecule has 13 heteroatoms. The summed E-state index contributed by atoms with van der Waals surface area (Å²) in [4.78, 5) is 27.7. The third-order valence-corrected chi connectivity index (χ3v) is 9.06. The molecule has 9 nitrogen and oxygen atoms in total. The van der Waals surface area contributed by atoms with Gasteiger partial charge in [-0.3, -0.25) is 9.36 Å². The number of carbonyl (C=O) groups is 1. The first kappa shape index (κ1) is 27.0. The molecule has 3 N–H and O–H groups in total. The summed E-state index contributed by atoms with van der Waals surface area (Å²) in [6.07, 6.45) is 1.81. The molecule has 0 radical (unpaired) electrons. The Kier molecular flexibility index (Phi) is 7.81. The van der Waals surface area contributed by atoms with Gasteiger partial charge in [0.25, 0.3) is 15.6 Å². The SMILES string of the molecule is CNc1ccc2c(=O)n(-c3ccc(NC(=O)NS(=O)(=O)c4cc(Cl)c(Cl)s4)cc3)cc(CN(C)C)c2c1. The van der Waals surface area contributed by atoms with Crippen molar-refractivity contribution in [1.29, 1.82) is 0 Å². The second kappa shape index (κ2) is 10.7. The first-order valence-corrected chi connectivity index (χ1v) is 13.9. The largest absolute Gasteiger partial charge is 0.388 e. The van der Waals surface area contributed by atoms with Gasteiger partial charge in [-0.2, -0.15) is 0 Å². The molecule has 0 fully saturated rings. The molecule has 0 bridgehead atoms. The van der Waals surface area contributed by atoms with Gasteiger partial charge in [-0.25, -0.2) is 17.9 Å². The number of halogens is 2. The highest BCUT2D eigenvalue weighted by atomic mass is 35.5. The quantitative estimate of drug-likeness (QED) is 0.285. The van der Waals surface area contributed by atoms with Gasteiger partial charge in [0, 0.05) is 42.2 Å². The zero-order valence-electron chi connectivity index (χ0n) is 20.0. The maximum atomic E-state index is 13.3. The number of pyridine rings is 1. The Balaban J connectivity index is 1.59. The molecule has 0 unspecified atom stereocenters. The Bertz CT molecular complexity index is 1630. The lowest BCUT2D eigenvalue weighted by Crippen LogP contribution is -2.33. The van der Waals surface area contributed by atoms with Crippen molar-refractivity contribution in [2.24, 2.45) is 0 Å². The predicted molar refractivity (Wildman–Crippen MR) is 150 cm³/mol. The number of rotatable bonds is 7. The van der Waals surface area contributed by atoms with Crippen LogP contribution in [0.5, 0.6) is 0 Å². The highest BCUT2D eigenvalue weighted by molar-refractivity contribution is 7.92. The van der Waals surface area contributed by atoms with Crippen LogP contribution >= 0.6 is 34.5 Å². The number of urea groups is 1. The first-order chi connectivity index (χ1) is 17.5. The van der Waals surface area contributed by atoms with Crippen LogP contribution in [0.2, 0.25) is 9.36 Å². The minimum Gasteiger partial charge on any atom is -0.388 e. The van der Waals surface area contributed by atoms with Gasteiger partial charge in [-0.15, -0.1) is 11.3 Å². The van der Waals surface area contributed by atoms with Crippen LogP contribution < -0.4 is 20.9 Å². The highest BCUT2D eigenvalue weighted by Gasteiger charge is 2.22. The second-order valence-corrected chi connectivity index (χ2v) is 12.3. The highest BCUT2D eigenvalue weighted by Crippen LogP contribution is 2.34. The second-order valence-electron chi connectivity index (χ2n) is 8.37. The molecule has 0 aliphatic rings. The number of nitrogens with zero attached hydrogens (tertiary/aromatic N) is 2. The van der Waals surface area contributed by atoms with E-state index in [0.717, 1.165) is 28.0 Å². The summed E-state index contributed by atoms with van der Waals surface area (Å²) in [5.74, 6) is 0. The van der Waals surface area contributed by atoms with Crippen LogP contribution in [-0.4, -0.2) is 45.1 Å². The molecule has 0 saturated carbocycles. The lowest BCUT2D eigenvalue weighted by atomic mass is 10.1. The summed E-state index contributed by atoms with van der Waals surface area (Å²) in [5, 5.41) is 7.11. The van der Waals surface area contributed by atoms with Crippen molar-refractivity contribution in [3.8, 4) is 5.69 Å².